The van der Waals surface area contributed by atoms with Gasteiger partial charge in [-0.25, -0.2) is 0 Å². The first-order valence-electron chi connectivity index (χ1n) is 5.78. The van der Waals surface area contributed by atoms with E-state index in [0.717, 1.165) is 30.0 Å². The van der Waals surface area contributed by atoms with Crippen LogP contribution in [0.2, 0.25) is 0 Å². The van der Waals surface area contributed by atoms with Gasteiger partial charge in [-0.15, -0.1) is 11.3 Å². The predicted octanol–water partition coefficient (Wildman–Crippen LogP) is 2.08. The van der Waals surface area contributed by atoms with Gasteiger partial charge in [0.15, 0.2) is 0 Å². The van der Waals surface area contributed by atoms with E-state index in [1.54, 1.807) is 22.1 Å². The second kappa shape index (κ2) is 4.50. The maximum absolute atomic E-state index is 11.8. The quantitative estimate of drug-likeness (QED) is 0.906. The van der Waals surface area contributed by atoms with Crippen LogP contribution in [0.1, 0.15) is 12.8 Å². The fourth-order valence-corrected chi connectivity index (χ4v) is 2.81. The first-order chi connectivity index (χ1) is 8.33. The van der Waals surface area contributed by atoms with Crippen LogP contribution in [0.4, 0.5) is 0 Å². The second-order valence-corrected chi connectivity index (χ2v) is 5.18. The number of hydrogen-bond acceptors (Lipinski definition) is 3. The van der Waals surface area contributed by atoms with E-state index in [9.17, 15) is 4.79 Å². The third-order valence-electron chi connectivity index (χ3n) is 2.99. The molecule has 0 aromatic carbocycles. The molecule has 1 N–H and O–H groups in total. The van der Waals surface area contributed by atoms with Gasteiger partial charge in [-0.2, -0.15) is 0 Å². The van der Waals surface area contributed by atoms with Crippen molar-refractivity contribution in [1.82, 2.24) is 9.78 Å². The largest absolute Gasteiger partial charge is 0.376 e. The van der Waals surface area contributed by atoms with Gasteiger partial charge in [-0.3, -0.25) is 14.6 Å². The molecule has 1 aliphatic heterocycles. The summed E-state index contributed by atoms with van der Waals surface area (Å²) in [5.41, 5.74) is 0.909. The molecule has 0 amide bonds. The smallest absolute Gasteiger partial charge is 0.267 e. The van der Waals surface area contributed by atoms with Crippen molar-refractivity contribution in [3.05, 3.63) is 33.9 Å². The number of hydrogen-bond donors (Lipinski definition) is 1. The molecule has 0 bridgehead atoms. The summed E-state index contributed by atoms with van der Waals surface area (Å²) in [6.45, 7) is 1.45. The maximum Gasteiger partial charge on any atom is 0.267 e. The van der Waals surface area contributed by atoms with Gasteiger partial charge in [0.1, 0.15) is 0 Å². The molecule has 3 rings (SSSR count). The van der Waals surface area contributed by atoms with Gasteiger partial charge >= 0.3 is 0 Å². The molecule has 90 valence electrons. The third kappa shape index (κ3) is 2.21. The van der Waals surface area contributed by atoms with Crippen molar-refractivity contribution in [2.24, 2.45) is 0 Å². The number of thiophene rings is 1. The number of nitrogens with one attached hydrogen (secondary N) is 1. The van der Waals surface area contributed by atoms with Crippen molar-refractivity contribution >= 4 is 11.3 Å². The first kappa shape index (κ1) is 10.8. The van der Waals surface area contributed by atoms with Gasteiger partial charge in [-0.1, -0.05) is 6.07 Å². The molecular weight excluding hydrogens is 236 g/mol. The summed E-state index contributed by atoms with van der Waals surface area (Å²) in [4.78, 5) is 12.9. The Kier molecular flexibility index (Phi) is 2.86. The van der Waals surface area contributed by atoms with E-state index in [2.05, 4.69) is 5.10 Å². The number of ether oxygens (including phenoxy) is 1. The lowest BCUT2D eigenvalue weighted by Gasteiger charge is -2.08. The summed E-state index contributed by atoms with van der Waals surface area (Å²) in [5, 5.41) is 5.15. The number of H-pyrrole nitrogens is 1. The van der Waals surface area contributed by atoms with Crippen LogP contribution in [0, 0.1) is 0 Å². The highest BCUT2D eigenvalue weighted by Crippen LogP contribution is 2.21. The molecule has 0 unspecified atom stereocenters. The minimum absolute atomic E-state index is 0.0175. The zero-order valence-corrected chi connectivity index (χ0v) is 10.2. The molecule has 5 heteroatoms. The summed E-state index contributed by atoms with van der Waals surface area (Å²) in [5.74, 6) is 0. The first-order valence-corrected chi connectivity index (χ1v) is 6.66. The van der Waals surface area contributed by atoms with E-state index < -0.39 is 0 Å². The molecule has 0 radical (unpaired) electrons. The molecule has 2 aromatic heterocycles. The van der Waals surface area contributed by atoms with Gasteiger partial charge in [0.05, 0.1) is 23.2 Å². The van der Waals surface area contributed by atoms with E-state index in [1.165, 1.54) is 0 Å². The van der Waals surface area contributed by atoms with Crippen molar-refractivity contribution in [3.63, 3.8) is 0 Å². The highest BCUT2D eigenvalue weighted by atomic mass is 32.1. The molecule has 3 heterocycles. The summed E-state index contributed by atoms with van der Waals surface area (Å²) in [7, 11) is 0. The van der Waals surface area contributed by atoms with E-state index in [0.29, 0.717) is 6.54 Å². The molecule has 0 saturated carbocycles. The van der Waals surface area contributed by atoms with Crippen molar-refractivity contribution in [2.75, 3.05) is 6.61 Å². The lowest BCUT2D eigenvalue weighted by atomic mass is 10.2. The molecule has 1 aliphatic rings. The van der Waals surface area contributed by atoms with E-state index in [-0.39, 0.29) is 11.7 Å². The summed E-state index contributed by atoms with van der Waals surface area (Å²) in [6.07, 6.45) is 2.32. The SMILES string of the molecule is O=c1cc(-c2cccs2)[nH]n1C[C@H]1CCCO1. The van der Waals surface area contributed by atoms with Gasteiger partial charge in [0.25, 0.3) is 5.56 Å². The fourth-order valence-electron chi connectivity index (χ4n) is 2.12. The Bertz CT molecular complexity index is 535. The minimum Gasteiger partial charge on any atom is -0.376 e. The molecule has 4 nitrogen and oxygen atoms in total. The molecule has 17 heavy (non-hydrogen) atoms. The summed E-state index contributed by atoms with van der Waals surface area (Å²) < 4.78 is 7.18. The Morgan fingerprint density at radius 1 is 1.59 bits per heavy atom. The average molecular weight is 250 g/mol. The van der Waals surface area contributed by atoms with Crippen LogP contribution in [-0.4, -0.2) is 22.5 Å². The number of nitrogens with zero attached hydrogens (tertiary/aromatic N) is 1. The topological polar surface area (TPSA) is 47.0 Å². The van der Waals surface area contributed by atoms with Crippen LogP contribution in [0.5, 0.6) is 0 Å². The van der Waals surface area contributed by atoms with E-state index >= 15 is 0 Å². The molecule has 1 fully saturated rings. The maximum atomic E-state index is 11.8. The Morgan fingerprint density at radius 2 is 2.53 bits per heavy atom. The molecule has 1 saturated heterocycles. The highest BCUT2D eigenvalue weighted by molar-refractivity contribution is 7.13. The average Bonchev–Trinajstić information content (AvgIpc) is 3.02. The van der Waals surface area contributed by atoms with E-state index in [1.807, 2.05) is 17.5 Å². The Hall–Kier alpha value is -1.33. The fraction of sp³-hybridized carbons (Fsp3) is 0.417. The second-order valence-electron chi connectivity index (χ2n) is 4.23. The van der Waals surface area contributed by atoms with Crippen molar-refractivity contribution in [2.45, 2.75) is 25.5 Å². The number of aromatic nitrogens is 2. The van der Waals surface area contributed by atoms with Crippen LogP contribution in [0.25, 0.3) is 10.6 Å². The zero-order chi connectivity index (χ0) is 11.7. The van der Waals surface area contributed by atoms with Gasteiger partial charge in [0.2, 0.25) is 0 Å². The van der Waals surface area contributed by atoms with Crippen molar-refractivity contribution in [1.29, 1.82) is 0 Å². The van der Waals surface area contributed by atoms with E-state index in [4.69, 9.17) is 4.74 Å². The third-order valence-corrected chi connectivity index (χ3v) is 3.89. The Labute approximate surface area is 103 Å². The number of rotatable bonds is 3. The molecule has 0 spiro atoms. The van der Waals surface area contributed by atoms with Crippen molar-refractivity contribution in [3.8, 4) is 10.6 Å². The van der Waals surface area contributed by atoms with Crippen LogP contribution in [-0.2, 0) is 11.3 Å². The van der Waals surface area contributed by atoms with Gasteiger partial charge < -0.3 is 4.74 Å². The van der Waals surface area contributed by atoms with Gasteiger partial charge in [-0.05, 0) is 24.3 Å². The molecule has 0 aliphatic carbocycles. The lowest BCUT2D eigenvalue weighted by Crippen LogP contribution is -2.24. The summed E-state index contributed by atoms with van der Waals surface area (Å²) in [6, 6.07) is 5.64. The molecule has 1 atom stereocenters. The summed E-state index contributed by atoms with van der Waals surface area (Å²) >= 11 is 1.63. The van der Waals surface area contributed by atoms with Gasteiger partial charge in [0, 0.05) is 12.7 Å². The van der Waals surface area contributed by atoms with Crippen LogP contribution >= 0.6 is 11.3 Å². The van der Waals surface area contributed by atoms with Crippen LogP contribution < -0.4 is 5.56 Å². The van der Waals surface area contributed by atoms with Crippen molar-refractivity contribution < 1.29 is 4.74 Å². The van der Waals surface area contributed by atoms with Crippen LogP contribution in [0.3, 0.4) is 0 Å². The Morgan fingerprint density at radius 3 is 3.24 bits per heavy atom. The molecular formula is C12H14N2O2S. The minimum atomic E-state index is 0.0175. The standard InChI is InChI=1S/C12H14N2O2S/c15-12-7-10(11-4-2-6-17-11)13-14(12)8-9-3-1-5-16-9/h2,4,6-7,9,13H,1,3,5,8H2/t9-/m1/s1. The Balaban J connectivity index is 1.83. The monoisotopic (exact) mass is 250 g/mol. The normalized spacial score (nSPS) is 19.9. The number of aromatic amines is 1. The molecule has 2 aromatic rings. The highest BCUT2D eigenvalue weighted by Gasteiger charge is 2.17. The van der Waals surface area contributed by atoms with Crippen LogP contribution in [0.15, 0.2) is 28.4 Å². The predicted molar refractivity (Wildman–Crippen MR) is 67.3 cm³/mol. The zero-order valence-electron chi connectivity index (χ0n) is 9.39. The lowest BCUT2D eigenvalue weighted by molar-refractivity contribution is 0.0932.